The Morgan fingerprint density at radius 2 is 1.90 bits per heavy atom. The summed E-state index contributed by atoms with van der Waals surface area (Å²) in [6, 6.07) is 0. The average molecular weight is 137 g/mol. The molecule has 0 nitrogen and oxygen atoms in total. The maximum absolute atomic E-state index is 4.22. The first-order chi connectivity index (χ1) is 4.48. The van der Waals surface area contributed by atoms with E-state index in [4.69, 9.17) is 0 Å². The van der Waals surface area contributed by atoms with E-state index in [1.165, 1.54) is 12.8 Å². The molecule has 2 saturated carbocycles. The van der Waals surface area contributed by atoms with Crippen molar-refractivity contribution in [1.82, 2.24) is 0 Å². The Morgan fingerprint density at radius 3 is 2.10 bits per heavy atom. The quantitative estimate of drug-likeness (QED) is 0.481. The van der Waals surface area contributed by atoms with Crippen LogP contribution in [-0.2, 0) is 0 Å². The van der Waals surface area contributed by atoms with Gasteiger partial charge in [0.15, 0.2) is 0 Å². The molecular weight excluding hydrogens is 120 g/mol. The molecule has 0 aliphatic heterocycles. The van der Waals surface area contributed by atoms with E-state index in [1.54, 1.807) is 0 Å². The maximum atomic E-state index is 4.22. The molecule has 1 radical (unpaired) electrons. The second-order valence-electron chi connectivity index (χ2n) is 4.97. The van der Waals surface area contributed by atoms with E-state index in [0.717, 1.165) is 5.92 Å². The molecule has 2 rings (SSSR count). The van der Waals surface area contributed by atoms with Gasteiger partial charge in [-0.05, 0) is 42.4 Å². The molecule has 0 N–H and O–H groups in total. The van der Waals surface area contributed by atoms with E-state index in [1.807, 2.05) is 0 Å². The zero-order chi connectivity index (χ0) is 7.57. The zero-order valence-electron chi connectivity index (χ0n) is 7.28. The minimum Gasteiger partial charge on any atom is -0.0591 e. The molecule has 2 fully saturated rings. The fourth-order valence-corrected chi connectivity index (χ4v) is 2.69. The minimum atomic E-state index is 0.512. The highest BCUT2D eigenvalue weighted by Crippen LogP contribution is 2.73. The predicted octanol–water partition coefficient (Wildman–Crippen LogP) is 2.89. The molecule has 0 amide bonds. The molecule has 0 aromatic carbocycles. The zero-order valence-corrected chi connectivity index (χ0v) is 7.28. The van der Waals surface area contributed by atoms with Gasteiger partial charge in [0, 0.05) is 0 Å². The fourth-order valence-electron chi connectivity index (χ4n) is 2.69. The van der Waals surface area contributed by atoms with E-state index in [-0.39, 0.29) is 0 Å². The van der Waals surface area contributed by atoms with Crippen LogP contribution in [0, 0.1) is 29.6 Å². The molecule has 57 valence electrons. The van der Waals surface area contributed by atoms with Crippen molar-refractivity contribution < 1.29 is 0 Å². The van der Waals surface area contributed by atoms with Crippen LogP contribution in [0.15, 0.2) is 0 Å². The molecule has 0 heteroatoms. The van der Waals surface area contributed by atoms with E-state index < -0.39 is 0 Å². The summed E-state index contributed by atoms with van der Waals surface area (Å²) < 4.78 is 0. The van der Waals surface area contributed by atoms with Gasteiger partial charge in [-0.25, -0.2) is 0 Å². The lowest BCUT2D eigenvalue weighted by molar-refractivity contribution is 0.178. The van der Waals surface area contributed by atoms with E-state index in [9.17, 15) is 0 Å². The molecule has 0 heterocycles. The van der Waals surface area contributed by atoms with Crippen molar-refractivity contribution in [3.05, 3.63) is 6.92 Å². The van der Waals surface area contributed by atoms with Gasteiger partial charge in [-0.3, -0.25) is 0 Å². The van der Waals surface area contributed by atoms with Crippen molar-refractivity contribution in [2.75, 3.05) is 0 Å². The van der Waals surface area contributed by atoms with Crippen LogP contribution >= 0.6 is 0 Å². The largest absolute Gasteiger partial charge is 0.0591 e. The predicted molar refractivity (Wildman–Crippen MR) is 43.5 cm³/mol. The topological polar surface area (TPSA) is 0 Å². The van der Waals surface area contributed by atoms with Gasteiger partial charge in [0.1, 0.15) is 0 Å². The highest BCUT2D eigenvalue weighted by atomic mass is 14.7. The van der Waals surface area contributed by atoms with E-state index in [2.05, 4.69) is 27.7 Å². The van der Waals surface area contributed by atoms with Crippen LogP contribution in [-0.4, -0.2) is 0 Å². The SMILES string of the molecule is [CH2]C1CC2CC2(C)C1(C)C. The Hall–Kier alpha value is 0. The molecule has 0 bridgehead atoms. The molecule has 0 aromatic heterocycles. The lowest BCUT2D eigenvalue weighted by Crippen LogP contribution is -2.26. The molecule has 0 spiro atoms. The Bertz CT molecular complexity index is 169. The lowest BCUT2D eigenvalue weighted by Gasteiger charge is -2.32. The average Bonchev–Trinajstić information content (AvgIpc) is 2.39. The van der Waals surface area contributed by atoms with Crippen molar-refractivity contribution in [3.63, 3.8) is 0 Å². The van der Waals surface area contributed by atoms with Gasteiger partial charge in [-0.15, -0.1) is 0 Å². The lowest BCUT2D eigenvalue weighted by atomic mass is 9.72. The van der Waals surface area contributed by atoms with Gasteiger partial charge >= 0.3 is 0 Å². The van der Waals surface area contributed by atoms with Crippen LogP contribution < -0.4 is 0 Å². The third kappa shape index (κ3) is 0.500. The monoisotopic (exact) mass is 137 g/mol. The highest BCUT2D eigenvalue weighted by molar-refractivity contribution is 5.16. The first-order valence-electron chi connectivity index (χ1n) is 4.31. The number of fused-ring (bicyclic) bond motifs is 1. The van der Waals surface area contributed by atoms with Crippen molar-refractivity contribution in [2.24, 2.45) is 22.7 Å². The fraction of sp³-hybridized carbons (Fsp3) is 0.900. The Labute approximate surface area is 64.0 Å². The van der Waals surface area contributed by atoms with E-state index in [0.29, 0.717) is 16.7 Å². The summed E-state index contributed by atoms with van der Waals surface area (Å²) in [5.41, 5.74) is 1.18. The normalized spacial score (nSPS) is 56.4. The Morgan fingerprint density at radius 1 is 1.30 bits per heavy atom. The van der Waals surface area contributed by atoms with Gasteiger partial charge in [0.2, 0.25) is 0 Å². The summed E-state index contributed by atoms with van der Waals surface area (Å²) in [5.74, 6) is 1.72. The summed E-state index contributed by atoms with van der Waals surface area (Å²) in [6.07, 6.45) is 2.84. The second kappa shape index (κ2) is 1.44. The van der Waals surface area contributed by atoms with E-state index >= 15 is 0 Å². The maximum Gasteiger partial charge on any atom is -0.0240 e. The summed E-state index contributed by atoms with van der Waals surface area (Å²) in [5, 5.41) is 0. The Balaban J connectivity index is 2.30. The van der Waals surface area contributed by atoms with Gasteiger partial charge < -0.3 is 0 Å². The third-order valence-corrected chi connectivity index (χ3v) is 4.47. The van der Waals surface area contributed by atoms with Crippen LogP contribution in [0.4, 0.5) is 0 Å². The first kappa shape index (κ1) is 6.69. The first-order valence-corrected chi connectivity index (χ1v) is 4.31. The van der Waals surface area contributed by atoms with Crippen LogP contribution in [0.3, 0.4) is 0 Å². The molecule has 10 heavy (non-hydrogen) atoms. The number of hydrogen-bond acceptors (Lipinski definition) is 0. The Kier molecular flexibility index (Phi) is 0.964. The van der Waals surface area contributed by atoms with Crippen LogP contribution in [0.1, 0.15) is 33.6 Å². The standard InChI is InChI=1S/C10H17/c1-7-5-8-6-10(8,4)9(7,2)3/h7-8H,1,5-6H2,2-4H3. The summed E-state index contributed by atoms with van der Waals surface area (Å²) >= 11 is 0. The van der Waals surface area contributed by atoms with Gasteiger partial charge in [-0.1, -0.05) is 20.8 Å². The summed E-state index contributed by atoms with van der Waals surface area (Å²) in [6.45, 7) is 11.4. The number of rotatable bonds is 0. The van der Waals surface area contributed by atoms with Crippen LogP contribution in [0.5, 0.6) is 0 Å². The molecule has 2 aliphatic rings. The van der Waals surface area contributed by atoms with Crippen molar-refractivity contribution in [2.45, 2.75) is 33.6 Å². The van der Waals surface area contributed by atoms with Gasteiger partial charge in [0.05, 0.1) is 0 Å². The summed E-state index contributed by atoms with van der Waals surface area (Å²) in [7, 11) is 0. The van der Waals surface area contributed by atoms with Crippen molar-refractivity contribution in [3.8, 4) is 0 Å². The third-order valence-electron chi connectivity index (χ3n) is 4.47. The van der Waals surface area contributed by atoms with Crippen molar-refractivity contribution >= 4 is 0 Å². The van der Waals surface area contributed by atoms with Crippen molar-refractivity contribution in [1.29, 1.82) is 0 Å². The number of hydrogen-bond donors (Lipinski definition) is 0. The molecule has 3 atom stereocenters. The molecular formula is C10H17. The molecule has 3 unspecified atom stereocenters. The molecule has 2 aliphatic carbocycles. The second-order valence-corrected chi connectivity index (χ2v) is 4.97. The smallest absolute Gasteiger partial charge is 0.0240 e. The van der Waals surface area contributed by atoms with Crippen LogP contribution in [0.25, 0.3) is 0 Å². The van der Waals surface area contributed by atoms with Crippen LogP contribution in [0.2, 0.25) is 0 Å². The highest BCUT2D eigenvalue weighted by Gasteiger charge is 2.65. The minimum absolute atomic E-state index is 0.512. The van der Waals surface area contributed by atoms with Gasteiger partial charge in [0.25, 0.3) is 0 Å². The summed E-state index contributed by atoms with van der Waals surface area (Å²) in [4.78, 5) is 0. The van der Waals surface area contributed by atoms with Gasteiger partial charge in [-0.2, -0.15) is 0 Å². The molecule has 0 aromatic rings. The molecule has 0 saturated heterocycles.